The first kappa shape index (κ1) is 16.8. The van der Waals surface area contributed by atoms with Crippen LogP contribution >= 0.6 is 22.9 Å². The molecule has 0 bridgehead atoms. The molecule has 1 aliphatic heterocycles. The van der Waals surface area contributed by atoms with Crippen molar-refractivity contribution in [3.8, 4) is 0 Å². The van der Waals surface area contributed by atoms with Gasteiger partial charge in [-0.3, -0.25) is 10.1 Å². The molecule has 3 amide bonds. The number of H-pyrrole nitrogens is 1. The van der Waals surface area contributed by atoms with Gasteiger partial charge in [0.15, 0.2) is 5.13 Å². The van der Waals surface area contributed by atoms with E-state index in [-0.39, 0.29) is 10.9 Å². The van der Waals surface area contributed by atoms with Crippen molar-refractivity contribution in [3.05, 3.63) is 45.3 Å². The summed E-state index contributed by atoms with van der Waals surface area (Å²) in [4.78, 5) is 33.6. The first-order chi connectivity index (χ1) is 12.4. The summed E-state index contributed by atoms with van der Waals surface area (Å²) in [5, 5.41) is 3.72. The third-order valence-corrected chi connectivity index (χ3v) is 5.44. The fourth-order valence-corrected chi connectivity index (χ4v) is 4.26. The molecule has 3 heterocycles. The number of carbonyl (C=O) groups excluding carboxylic acids is 2. The van der Waals surface area contributed by atoms with Crippen molar-refractivity contribution in [1.29, 1.82) is 0 Å². The molecule has 0 spiro atoms. The molecule has 3 aromatic rings. The summed E-state index contributed by atoms with van der Waals surface area (Å²) in [5.41, 5.74) is 6.77. The fourth-order valence-electron chi connectivity index (χ4n) is 2.97. The van der Waals surface area contributed by atoms with Crippen LogP contribution in [0.4, 0.5) is 14.3 Å². The van der Waals surface area contributed by atoms with Crippen molar-refractivity contribution in [3.63, 3.8) is 0 Å². The minimum atomic E-state index is -0.675. The number of nitrogens with two attached hydrogens (primary N) is 1. The Kier molecular flexibility index (Phi) is 4.04. The molecule has 4 rings (SSSR count). The Morgan fingerprint density at radius 3 is 2.96 bits per heavy atom. The predicted octanol–water partition coefficient (Wildman–Crippen LogP) is 3.11. The van der Waals surface area contributed by atoms with Crippen LogP contribution in [0.2, 0.25) is 5.02 Å². The van der Waals surface area contributed by atoms with Crippen molar-refractivity contribution in [2.24, 2.45) is 5.73 Å². The van der Waals surface area contributed by atoms with E-state index in [9.17, 15) is 14.0 Å². The van der Waals surface area contributed by atoms with Gasteiger partial charge in [0.2, 0.25) is 0 Å². The lowest BCUT2D eigenvalue weighted by Gasteiger charge is -2.25. The number of primary amides is 1. The molecular weight excluding hydrogens is 381 g/mol. The molecular formula is C16H13ClFN5O2S. The van der Waals surface area contributed by atoms with Gasteiger partial charge < -0.3 is 15.6 Å². The zero-order valence-electron chi connectivity index (χ0n) is 13.3. The van der Waals surface area contributed by atoms with Crippen molar-refractivity contribution in [1.82, 2.24) is 14.9 Å². The van der Waals surface area contributed by atoms with Gasteiger partial charge in [0, 0.05) is 23.2 Å². The number of nitrogens with one attached hydrogen (secondary N) is 2. The van der Waals surface area contributed by atoms with Gasteiger partial charge in [-0.1, -0.05) is 22.9 Å². The molecule has 0 fully saturated rings. The van der Waals surface area contributed by atoms with Gasteiger partial charge >= 0.3 is 6.03 Å². The van der Waals surface area contributed by atoms with Gasteiger partial charge in [-0.15, -0.1) is 0 Å². The number of halogens is 2. The van der Waals surface area contributed by atoms with E-state index in [0.717, 1.165) is 10.6 Å². The second kappa shape index (κ2) is 6.26. The van der Waals surface area contributed by atoms with Gasteiger partial charge in [-0.2, -0.15) is 0 Å². The maximum Gasteiger partial charge on any atom is 0.318 e. The SMILES string of the molecule is NC(=O)Nc1nc2c(s1)CN(C(=O)c1cc3c(Cl)cc(F)cc3[nH]1)CC2. The lowest BCUT2D eigenvalue weighted by Crippen LogP contribution is -2.35. The topological polar surface area (TPSA) is 104 Å². The number of anilines is 1. The van der Waals surface area contributed by atoms with Gasteiger partial charge in [0.05, 0.1) is 22.8 Å². The van der Waals surface area contributed by atoms with Crippen LogP contribution in [0.3, 0.4) is 0 Å². The Balaban J connectivity index is 1.58. The zero-order chi connectivity index (χ0) is 18.4. The number of thiazole rings is 1. The third-order valence-electron chi connectivity index (χ3n) is 4.13. The van der Waals surface area contributed by atoms with Gasteiger partial charge in [0.25, 0.3) is 5.91 Å². The molecule has 0 saturated carbocycles. The van der Waals surface area contributed by atoms with Gasteiger partial charge in [0.1, 0.15) is 11.5 Å². The van der Waals surface area contributed by atoms with Gasteiger partial charge in [-0.25, -0.2) is 14.2 Å². The number of carbonyl (C=O) groups is 2. The van der Waals surface area contributed by atoms with E-state index < -0.39 is 11.8 Å². The number of amides is 3. The van der Waals surface area contributed by atoms with Crippen molar-refractivity contribution in [2.75, 3.05) is 11.9 Å². The molecule has 0 radical (unpaired) electrons. The molecule has 7 nitrogen and oxygen atoms in total. The number of fused-ring (bicyclic) bond motifs is 2. The van der Waals surface area contributed by atoms with E-state index in [4.69, 9.17) is 17.3 Å². The smallest absolute Gasteiger partial charge is 0.318 e. The van der Waals surface area contributed by atoms with Crippen LogP contribution in [0.25, 0.3) is 10.9 Å². The molecule has 1 aliphatic rings. The highest BCUT2D eigenvalue weighted by Gasteiger charge is 2.26. The van der Waals surface area contributed by atoms with E-state index in [1.54, 1.807) is 11.0 Å². The Morgan fingerprint density at radius 2 is 2.19 bits per heavy atom. The highest BCUT2D eigenvalue weighted by Crippen LogP contribution is 2.30. The first-order valence-corrected chi connectivity index (χ1v) is 8.92. The number of hydrogen-bond donors (Lipinski definition) is 3. The summed E-state index contributed by atoms with van der Waals surface area (Å²) in [6.07, 6.45) is 0.577. The standard InChI is InChI=1S/C16H13ClFN5O2S/c17-9-3-7(18)4-11-8(9)5-12(20-11)14(24)23-2-1-10-13(6-23)26-16(21-10)22-15(19)25/h3-5,20H,1-2,6H2,(H3,19,21,22,25). The van der Waals surface area contributed by atoms with Crippen LogP contribution in [-0.2, 0) is 13.0 Å². The Hall–Kier alpha value is -2.65. The lowest BCUT2D eigenvalue weighted by atomic mass is 10.1. The molecule has 0 unspecified atom stereocenters. The molecule has 0 atom stereocenters. The summed E-state index contributed by atoms with van der Waals surface area (Å²) in [7, 11) is 0. The highest BCUT2D eigenvalue weighted by molar-refractivity contribution is 7.15. The van der Waals surface area contributed by atoms with Crippen LogP contribution in [0, 0.1) is 5.82 Å². The Bertz CT molecular complexity index is 1050. The van der Waals surface area contributed by atoms with E-state index in [1.807, 2.05) is 0 Å². The normalized spacial score (nSPS) is 13.7. The predicted molar refractivity (Wildman–Crippen MR) is 97.0 cm³/mol. The largest absolute Gasteiger partial charge is 0.351 e. The van der Waals surface area contributed by atoms with Crippen molar-refractivity contribution < 1.29 is 14.0 Å². The zero-order valence-corrected chi connectivity index (χ0v) is 14.9. The molecule has 2 aromatic heterocycles. The van der Waals surface area contributed by atoms with Crippen LogP contribution in [0.15, 0.2) is 18.2 Å². The van der Waals surface area contributed by atoms with Crippen LogP contribution in [0.1, 0.15) is 21.1 Å². The van der Waals surface area contributed by atoms with Crippen LogP contribution in [-0.4, -0.2) is 33.4 Å². The highest BCUT2D eigenvalue weighted by atomic mass is 35.5. The van der Waals surface area contributed by atoms with Crippen molar-refractivity contribution >= 4 is 50.9 Å². The monoisotopic (exact) mass is 393 g/mol. The van der Waals surface area contributed by atoms with E-state index in [2.05, 4.69) is 15.3 Å². The van der Waals surface area contributed by atoms with Crippen LogP contribution < -0.4 is 11.1 Å². The molecule has 1 aromatic carbocycles. The minimum absolute atomic E-state index is 0.207. The summed E-state index contributed by atoms with van der Waals surface area (Å²) >= 11 is 7.33. The summed E-state index contributed by atoms with van der Waals surface area (Å²) in [5.74, 6) is -0.675. The maximum atomic E-state index is 13.5. The second-order valence-electron chi connectivity index (χ2n) is 5.89. The third kappa shape index (κ3) is 2.99. The number of nitrogens with zero attached hydrogens (tertiary/aromatic N) is 2. The quantitative estimate of drug-likeness (QED) is 0.623. The van der Waals surface area contributed by atoms with E-state index in [1.165, 1.54) is 23.5 Å². The maximum absolute atomic E-state index is 13.5. The minimum Gasteiger partial charge on any atom is -0.351 e. The molecule has 0 saturated heterocycles. The van der Waals surface area contributed by atoms with Crippen LogP contribution in [0.5, 0.6) is 0 Å². The molecule has 134 valence electrons. The Labute approximate surface area is 155 Å². The number of urea groups is 1. The summed E-state index contributed by atoms with van der Waals surface area (Å²) < 4.78 is 13.5. The summed E-state index contributed by atoms with van der Waals surface area (Å²) in [6, 6.07) is 3.47. The number of benzene rings is 1. The lowest BCUT2D eigenvalue weighted by molar-refractivity contribution is 0.0731. The number of rotatable bonds is 2. The Morgan fingerprint density at radius 1 is 1.38 bits per heavy atom. The average molecular weight is 394 g/mol. The molecule has 0 aliphatic carbocycles. The van der Waals surface area contributed by atoms with Crippen molar-refractivity contribution in [2.45, 2.75) is 13.0 Å². The number of aromatic nitrogens is 2. The second-order valence-corrected chi connectivity index (χ2v) is 7.38. The van der Waals surface area contributed by atoms with E-state index >= 15 is 0 Å². The van der Waals surface area contributed by atoms with E-state index in [0.29, 0.717) is 41.2 Å². The first-order valence-electron chi connectivity index (χ1n) is 7.73. The molecule has 10 heteroatoms. The molecule has 4 N–H and O–H groups in total. The summed E-state index contributed by atoms with van der Waals surface area (Å²) in [6.45, 7) is 0.868. The fraction of sp³-hybridized carbons (Fsp3) is 0.188. The molecule has 26 heavy (non-hydrogen) atoms. The van der Waals surface area contributed by atoms with Gasteiger partial charge in [-0.05, 0) is 18.2 Å². The average Bonchev–Trinajstić information content (AvgIpc) is 3.16. The number of hydrogen-bond acceptors (Lipinski definition) is 4. The number of aromatic amines is 1.